The number of para-hydroxylation sites is 1. The lowest BCUT2D eigenvalue weighted by atomic mass is 9.56. The second-order valence-electron chi connectivity index (χ2n) is 6.73. The van der Waals surface area contributed by atoms with Crippen LogP contribution in [0.4, 0.5) is 5.69 Å². The zero-order chi connectivity index (χ0) is 18.4. The van der Waals surface area contributed by atoms with E-state index in [1.54, 1.807) is 18.3 Å². The summed E-state index contributed by atoms with van der Waals surface area (Å²) in [4.78, 5) is 36.3. The van der Waals surface area contributed by atoms with E-state index in [0.717, 1.165) is 0 Å². The van der Waals surface area contributed by atoms with Crippen LogP contribution in [-0.4, -0.2) is 43.6 Å². The standard InChI is InChI=1S/C17H18N2O6/c1-16(23,10-14(20)21)17(13-7-4-8-18(13)15(17)22)9-11-5-2-3-6-12(11)19(24)25/h2-6,8,13,23H,7,9-10H2,1H3,(H,20,21)/t13-,16?,17+/m0/s1. The lowest BCUT2D eigenvalue weighted by Gasteiger charge is -2.58. The van der Waals surface area contributed by atoms with Gasteiger partial charge >= 0.3 is 5.97 Å². The van der Waals surface area contributed by atoms with Crippen molar-refractivity contribution in [3.8, 4) is 0 Å². The van der Waals surface area contributed by atoms with E-state index in [4.69, 9.17) is 5.11 Å². The largest absolute Gasteiger partial charge is 0.481 e. The average Bonchev–Trinajstić information content (AvgIpc) is 2.96. The van der Waals surface area contributed by atoms with Crippen LogP contribution in [0.1, 0.15) is 25.3 Å². The van der Waals surface area contributed by atoms with Gasteiger partial charge in [0, 0.05) is 17.8 Å². The molecule has 8 nitrogen and oxygen atoms in total. The summed E-state index contributed by atoms with van der Waals surface area (Å²) in [5.41, 5.74) is -3.10. The fourth-order valence-electron chi connectivity index (χ4n) is 4.04. The lowest BCUT2D eigenvalue weighted by molar-refractivity contribution is -0.385. The van der Waals surface area contributed by atoms with Crippen LogP contribution in [-0.2, 0) is 16.0 Å². The van der Waals surface area contributed by atoms with E-state index < -0.39 is 40.3 Å². The van der Waals surface area contributed by atoms with Gasteiger partial charge in [0.2, 0.25) is 5.91 Å². The molecule has 1 amide bonds. The molecule has 1 fully saturated rings. The van der Waals surface area contributed by atoms with Gasteiger partial charge in [0.25, 0.3) is 5.69 Å². The highest BCUT2D eigenvalue weighted by Gasteiger charge is 2.69. The lowest BCUT2D eigenvalue weighted by Crippen LogP contribution is -2.74. The van der Waals surface area contributed by atoms with Crippen molar-refractivity contribution in [3.63, 3.8) is 0 Å². The number of carboxylic acid groups (broad SMARTS) is 1. The Hall–Kier alpha value is -2.74. The molecule has 3 rings (SSSR count). The summed E-state index contributed by atoms with van der Waals surface area (Å²) < 4.78 is 0. The summed E-state index contributed by atoms with van der Waals surface area (Å²) >= 11 is 0. The number of carbonyl (C=O) groups excluding carboxylic acids is 1. The van der Waals surface area contributed by atoms with Crippen LogP contribution in [0.25, 0.3) is 0 Å². The zero-order valence-electron chi connectivity index (χ0n) is 13.6. The summed E-state index contributed by atoms with van der Waals surface area (Å²) in [5, 5.41) is 31.4. The number of hydrogen-bond donors (Lipinski definition) is 2. The first-order valence-corrected chi connectivity index (χ1v) is 7.86. The summed E-state index contributed by atoms with van der Waals surface area (Å²) in [6.07, 6.45) is 3.15. The number of carboxylic acids is 1. The van der Waals surface area contributed by atoms with Crippen LogP contribution in [0.3, 0.4) is 0 Å². The van der Waals surface area contributed by atoms with Crippen LogP contribution >= 0.6 is 0 Å². The minimum atomic E-state index is -1.84. The number of β-lactam (4-membered cyclic amide) rings is 1. The Balaban J connectivity index is 2.07. The molecule has 1 aromatic carbocycles. The molecule has 0 radical (unpaired) electrons. The molecular weight excluding hydrogens is 328 g/mol. The molecule has 132 valence electrons. The molecule has 0 saturated carbocycles. The van der Waals surface area contributed by atoms with Crippen molar-refractivity contribution in [2.45, 2.75) is 37.8 Å². The molecule has 25 heavy (non-hydrogen) atoms. The van der Waals surface area contributed by atoms with Crippen LogP contribution in [0, 0.1) is 15.5 Å². The van der Waals surface area contributed by atoms with Gasteiger partial charge in [-0.3, -0.25) is 19.7 Å². The fraction of sp³-hybridized carbons (Fsp3) is 0.412. The number of nitrogens with zero attached hydrogens (tertiary/aromatic N) is 2. The van der Waals surface area contributed by atoms with Gasteiger partial charge in [-0.25, -0.2) is 0 Å². The quantitative estimate of drug-likeness (QED) is 0.457. The van der Waals surface area contributed by atoms with Gasteiger partial charge in [-0.15, -0.1) is 0 Å². The third-order valence-electron chi connectivity index (χ3n) is 5.26. The number of benzene rings is 1. The first-order valence-electron chi connectivity index (χ1n) is 7.86. The van der Waals surface area contributed by atoms with Crippen molar-refractivity contribution in [1.82, 2.24) is 4.90 Å². The summed E-state index contributed by atoms with van der Waals surface area (Å²) in [7, 11) is 0. The third-order valence-corrected chi connectivity index (χ3v) is 5.26. The van der Waals surface area contributed by atoms with E-state index in [1.807, 2.05) is 0 Å². The van der Waals surface area contributed by atoms with Crippen molar-refractivity contribution in [2.24, 2.45) is 5.41 Å². The molecule has 1 saturated heterocycles. The summed E-state index contributed by atoms with van der Waals surface area (Å²) in [5.74, 6) is -1.64. The molecule has 2 aliphatic heterocycles. The Kier molecular flexibility index (Phi) is 3.87. The average molecular weight is 346 g/mol. The number of nitro benzene ring substituents is 1. The van der Waals surface area contributed by atoms with Crippen molar-refractivity contribution in [3.05, 3.63) is 52.2 Å². The van der Waals surface area contributed by atoms with E-state index >= 15 is 0 Å². The van der Waals surface area contributed by atoms with Gasteiger partial charge in [0.1, 0.15) is 5.41 Å². The maximum Gasteiger partial charge on any atom is 0.306 e. The fourth-order valence-corrected chi connectivity index (χ4v) is 4.04. The molecule has 2 heterocycles. The minimum absolute atomic E-state index is 0.0912. The maximum absolute atomic E-state index is 12.8. The van der Waals surface area contributed by atoms with E-state index in [1.165, 1.54) is 30.0 Å². The third kappa shape index (κ3) is 2.41. The molecule has 2 aliphatic rings. The Bertz CT molecular complexity index is 787. The number of fused-ring (bicyclic) bond motifs is 1. The van der Waals surface area contributed by atoms with Gasteiger partial charge in [-0.05, 0) is 19.8 Å². The topological polar surface area (TPSA) is 121 Å². The van der Waals surface area contributed by atoms with Gasteiger partial charge in [0.05, 0.1) is 23.0 Å². The summed E-state index contributed by atoms with van der Waals surface area (Å²) in [6.45, 7) is 1.32. The van der Waals surface area contributed by atoms with Gasteiger partial charge in [-0.2, -0.15) is 0 Å². The number of carbonyl (C=O) groups is 2. The Morgan fingerprint density at radius 3 is 2.80 bits per heavy atom. The first kappa shape index (κ1) is 17.1. The molecule has 0 spiro atoms. The van der Waals surface area contributed by atoms with Crippen molar-refractivity contribution < 1.29 is 24.7 Å². The predicted octanol–water partition coefficient (Wildman–Crippen LogP) is 1.48. The van der Waals surface area contributed by atoms with Crippen LogP contribution in [0.5, 0.6) is 0 Å². The number of rotatable bonds is 6. The highest BCUT2D eigenvalue weighted by atomic mass is 16.6. The zero-order valence-corrected chi connectivity index (χ0v) is 13.6. The Morgan fingerprint density at radius 1 is 1.48 bits per heavy atom. The molecule has 1 unspecified atom stereocenters. The van der Waals surface area contributed by atoms with Crippen LogP contribution < -0.4 is 0 Å². The van der Waals surface area contributed by atoms with Crippen LogP contribution in [0.2, 0.25) is 0 Å². The van der Waals surface area contributed by atoms with Crippen molar-refractivity contribution >= 4 is 17.6 Å². The smallest absolute Gasteiger partial charge is 0.306 e. The Morgan fingerprint density at radius 2 is 2.16 bits per heavy atom. The summed E-state index contributed by atoms with van der Waals surface area (Å²) in [6, 6.07) is 5.61. The van der Waals surface area contributed by atoms with Gasteiger partial charge < -0.3 is 15.1 Å². The molecular formula is C17H18N2O6. The number of aliphatic hydroxyl groups is 1. The second-order valence-corrected chi connectivity index (χ2v) is 6.73. The molecule has 8 heteroatoms. The predicted molar refractivity (Wildman–Crippen MR) is 86.5 cm³/mol. The highest BCUT2D eigenvalue weighted by Crippen LogP contribution is 2.55. The monoisotopic (exact) mass is 346 g/mol. The van der Waals surface area contributed by atoms with E-state index in [9.17, 15) is 24.8 Å². The van der Waals surface area contributed by atoms with E-state index in [0.29, 0.717) is 12.0 Å². The minimum Gasteiger partial charge on any atom is -0.481 e. The maximum atomic E-state index is 12.8. The molecule has 1 aromatic rings. The van der Waals surface area contributed by atoms with E-state index in [2.05, 4.69) is 0 Å². The Labute approximate surface area is 143 Å². The van der Waals surface area contributed by atoms with Crippen molar-refractivity contribution in [1.29, 1.82) is 0 Å². The molecule has 0 aromatic heterocycles. The normalized spacial score (nSPS) is 26.7. The van der Waals surface area contributed by atoms with Crippen LogP contribution in [0.15, 0.2) is 36.5 Å². The number of nitro groups is 1. The highest BCUT2D eigenvalue weighted by molar-refractivity contribution is 5.94. The number of hydrogen-bond acceptors (Lipinski definition) is 5. The number of amides is 1. The van der Waals surface area contributed by atoms with Gasteiger partial charge in [-0.1, -0.05) is 24.3 Å². The molecule has 3 atom stereocenters. The first-order chi connectivity index (χ1) is 11.7. The second kappa shape index (κ2) is 5.66. The molecule has 0 aliphatic carbocycles. The van der Waals surface area contributed by atoms with Gasteiger partial charge in [0.15, 0.2) is 0 Å². The number of aliphatic carboxylic acids is 1. The van der Waals surface area contributed by atoms with Crippen molar-refractivity contribution in [2.75, 3.05) is 0 Å². The SMILES string of the molecule is CC(O)(CC(=O)O)[C@@]1(Cc2ccccc2[N+](=O)[O-])C(=O)N2C=CC[C@H]21. The molecule has 2 N–H and O–H groups in total. The van der Waals surface area contributed by atoms with E-state index in [-0.39, 0.29) is 12.1 Å². The molecule has 0 bridgehead atoms.